The van der Waals surface area contributed by atoms with Gasteiger partial charge in [0, 0.05) is 17.4 Å². The molecule has 0 aliphatic carbocycles. The first-order valence-corrected chi connectivity index (χ1v) is 6.04. The summed E-state index contributed by atoms with van der Waals surface area (Å²) < 4.78 is 7.55. The van der Waals surface area contributed by atoms with Gasteiger partial charge in [-0.1, -0.05) is 11.6 Å². The maximum absolute atomic E-state index is 5.92. The lowest BCUT2D eigenvalue weighted by Crippen LogP contribution is -1.99. The standard InChI is InChI=1S/C13H11ClN4O/c1-8-6-9(14)2-3-10(8)19-13-12-16-4-5-18(12)7-11(15)17-13/h2-7H,15H2,1H3. The van der Waals surface area contributed by atoms with Crippen molar-refractivity contribution in [3.8, 4) is 11.6 Å². The zero-order chi connectivity index (χ0) is 13.4. The molecule has 0 atom stereocenters. The molecular weight excluding hydrogens is 264 g/mol. The first kappa shape index (κ1) is 11.8. The Hall–Kier alpha value is -2.27. The summed E-state index contributed by atoms with van der Waals surface area (Å²) in [5.41, 5.74) is 7.27. The van der Waals surface area contributed by atoms with Gasteiger partial charge < -0.3 is 10.5 Å². The highest BCUT2D eigenvalue weighted by atomic mass is 35.5. The predicted molar refractivity (Wildman–Crippen MR) is 73.7 cm³/mol. The Kier molecular flexibility index (Phi) is 2.76. The van der Waals surface area contributed by atoms with Crippen LogP contribution in [0.25, 0.3) is 5.65 Å². The van der Waals surface area contributed by atoms with E-state index in [1.54, 1.807) is 35.1 Å². The van der Waals surface area contributed by atoms with E-state index in [1.165, 1.54) is 0 Å². The van der Waals surface area contributed by atoms with Gasteiger partial charge >= 0.3 is 0 Å². The average molecular weight is 275 g/mol. The van der Waals surface area contributed by atoms with E-state index >= 15 is 0 Å². The molecule has 0 saturated carbocycles. The molecule has 2 heterocycles. The van der Waals surface area contributed by atoms with Gasteiger partial charge in [-0.3, -0.25) is 4.40 Å². The number of imidazole rings is 1. The maximum Gasteiger partial charge on any atom is 0.265 e. The van der Waals surface area contributed by atoms with Crippen LogP contribution in [0.15, 0.2) is 36.8 Å². The Labute approximate surface area is 114 Å². The number of hydrogen-bond acceptors (Lipinski definition) is 4. The number of fused-ring (bicyclic) bond motifs is 1. The molecule has 0 bridgehead atoms. The molecule has 0 aliphatic heterocycles. The van der Waals surface area contributed by atoms with Gasteiger partial charge in [0.2, 0.25) is 5.65 Å². The Bertz CT molecular complexity index is 753. The van der Waals surface area contributed by atoms with Crippen LogP contribution in [-0.4, -0.2) is 14.4 Å². The van der Waals surface area contributed by atoms with Crippen molar-refractivity contribution < 1.29 is 4.74 Å². The van der Waals surface area contributed by atoms with Gasteiger partial charge in [-0.05, 0) is 30.7 Å². The monoisotopic (exact) mass is 274 g/mol. The van der Waals surface area contributed by atoms with Gasteiger partial charge in [0.1, 0.15) is 11.6 Å². The van der Waals surface area contributed by atoms with E-state index in [4.69, 9.17) is 22.1 Å². The van der Waals surface area contributed by atoms with E-state index in [9.17, 15) is 0 Å². The van der Waals surface area contributed by atoms with E-state index in [0.29, 0.717) is 28.1 Å². The van der Waals surface area contributed by atoms with Crippen molar-refractivity contribution in [2.24, 2.45) is 0 Å². The minimum Gasteiger partial charge on any atom is -0.436 e. The van der Waals surface area contributed by atoms with Crippen LogP contribution in [-0.2, 0) is 0 Å². The molecular formula is C13H11ClN4O. The number of nitrogens with two attached hydrogens (primary N) is 1. The third-order valence-corrected chi connectivity index (χ3v) is 2.94. The largest absolute Gasteiger partial charge is 0.436 e. The minimum atomic E-state index is 0.368. The fourth-order valence-electron chi connectivity index (χ4n) is 1.82. The molecule has 0 unspecified atom stereocenters. The van der Waals surface area contributed by atoms with Crippen molar-refractivity contribution in [2.75, 3.05) is 5.73 Å². The van der Waals surface area contributed by atoms with Crippen LogP contribution in [0.5, 0.6) is 11.6 Å². The van der Waals surface area contributed by atoms with Crippen LogP contribution in [0.3, 0.4) is 0 Å². The second-order valence-electron chi connectivity index (χ2n) is 4.14. The van der Waals surface area contributed by atoms with Crippen LogP contribution in [0.1, 0.15) is 5.56 Å². The van der Waals surface area contributed by atoms with E-state index in [2.05, 4.69) is 9.97 Å². The maximum atomic E-state index is 5.92. The van der Waals surface area contributed by atoms with Gasteiger partial charge in [0.05, 0.1) is 6.20 Å². The number of benzene rings is 1. The molecule has 2 N–H and O–H groups in total. The second kappa shape index (κ2) is 4.44. The molecule has 5 nitrogen and oxygen atoms in total. The average Bonchev–Trinajstić information content (AvgIpc) is 2.80. The lowest BCUT2D eigenvalue weighted by Gasteiger charge is -2.09. The highest BCUT2D eigenvalue weighted by molar-refractivity contribution is 6.30. The van der Waals surface area contributed by atoms with Gasteiger partial charge in [-0.2, -0.15) is 4.98 Å². The van der Waals surface area contributed by atoms with Crippen molar-refractivity contribution in [2.45, 2.75) is 6.92 Å². The van der Waals surface area contributed by atoms with Gasteiger partial charge in [-0.25, -0.2) is 4.98 Å². The summed E-state index contributed by atoms with van der Waals surface area (Å²) in [6.07, 6.45) is 5.14. The summed E-state index contributed by atoms with van der Waals surface area (Å²) >= 11 is 5.92. The van der Waals surface area contributed by atoms with Crippen molar-refractivity contribution >= 4 is 23.1 Å². The number of hydrogen-bond donors (Lipinski definition) is 1. The first-order valence-electron chi connectivity index (χ1n) is 5.66. The smallest absolute Gasteiger partial charge is 0.265 e. The SMILES string of the molecule is Cc1cc(Cl)ccc1Oc1nc(N)cn2ccnc12. The summed E-state index contributed by atoms with van der Waals surface area (Å²) in [6, 6.07) is 5.38. The summed E-state index contributed by atoms with van der Waals surface area (Å²) in [6.45, 7) is 1.91. The number of nitrogen functional groups attached to an aromatic ring is 1. The van der Waals surface area contributed by atoms with Crippen LogP contribution >= 0.6 is 11.6 Å². The Balaban J connectivity index is 2.07. The molecule has 0 radical (unpaired) electrons. The Morgan fingerprint density at radius 2 is 2.21 bits per heavy atom. The van der Waals surface area contributed by atoms with E-state index in [0.717, 1.165) is 5.56 Å². The number of ether oxygens (including phenoxy) is 1. The first-order chi connectivity index (χ1) is 9.13. The van der Waals surface area contributed by atoms with Crippen molar-refractivity contribution in [3.05, 3.63) is 47.4 Å². The number of anilines is 1. The Morgan fingerprint density at radius 3 is 3.00 bits per heavy atom. The fraction of sp³-hybridized carbons (Fsp3) is 0.0769. The third-order valence-electron chi connectivity index (χ3n) is 2.71. The Morgan fingerprint density at radius 1 is 1.37 bits per heavy atom. The van der Waals surface area contributed by atoms with Crippen molar-refractivity contribution in [1.82, 2.24) is 14.4 Å². The predicted octanol–water partition coefficient (Wildman–Crippen LogP) is 3.07. The van der Waals surface area contributed by atoms with Gasteiger partial charge in [-0.15, -0.1) is 0 Å². The van der Waals surface area contributed by atoms with Crippen LogP contribution < -0.4 is 10.5 Å². The van der Waals surface area contributed by atoms with Gasteiger partial charge in [0.25, 0.3) is 5.88 Å². The number of aromatic nitrogens is 3. The van der Waals surface area contributed by atoms with Crippen molar-refractivity contribution in [3.63, 3.8) is 0 Å². The molecule has 1 aromatic carbocycles. The van der Waals surface area contributed by atoms with Crippen LogP contribution in [0.2, 0.25) is 5.02 Å². The number of nitrogens with zero attached hydrogens (tertiary/aromatic N) is 3. The zero-order valence-electron chi connectivity index (χ0n) is 10.2. The molecule has 3 aromatic rings. The van der Waals surface area contributed by atoms with E-state index in [1.807, 2.05) is 13.0 Å². The molecule has 0 amide bonds. The molecule has 0 aliphatic rings. The molecule has 2 aromatic heterocycles. The number of halogens is 1. The molecule has 96 valence electrons. The summed E-state index contributed by atoms with van der Waals surface area (Å²) in [5, 5.41) is 0.663. The molecule has 0 saturated heterocycles. The molecule has 0 spiro atoms. The third kappa shape index (κ3) is 2.20. The summed E-state index contributed by atoms with van der Waals surface area (Å²) in [4.78, 5) is 8.37. The normalized spacial score (nSPS) is 10.8. The quantitative estimate of drug-likeness (QED) is 0.780. The summed E-state index contributed by atoms with van der Waals surface area (Å²) in [5.74, 6) is 1.41. The van der Waals surface area contributed by atoms with E-state index < -0.39 is 0 Å². The second-order valence-corrected chi connectivity index (χ2v) is 4.58. The minimum absolute atomic E-state index is 0.368. The number of rotatable bonds is 2. The van der Waals surface area contributed by atoms with Gasteiger partial charge in [0.15, 0.2) is 0 Å². The summed E-state index contributed by atoms with van der Waals surface area (Å²) in [7, 11) is 0. The highest BCUT2D eigenvalue weighted by Crippen LogP contribution is 2.28. The zero-order valence-corrected chi connectivity index (χ0v) is 10.9. The van der Waals surface area contributed by atoms with Crippen LogP contribution in [0, 0.1) is 6.92 Å². The molecule has 19 heavy (non-hydrogen) atoms. The van der Waals surface area contributed by atoms with E-state index in [-0.39, 0.29) is 0 Å². The lowest BCUT2D eigenvalue weighted by atomic mass is 10.2. The number of aryl methyl sites for hydroxylation is 1. The topological polar surface area (TPSA) is 65.4 Å². The van der Waals surface area contributed by atoms with Crippen LogP contribution in [0.4, 0.5) is 5.82 Å². The molecule has 3 rings (SSSR count). The fourth-order valence-corrected chi connectivity index (χ4v) is 2.05. The highest BCUT2D eigenvalue weighted by Gasteiger charge is 2.10. The molecule has 0 fully saturated rings. The molecule has 6 heteroatoms. The van der Waals surface area contributed by atoms with Crippen molar-refractivity contribution in [1.29, 1.82) is 0 Å². The lowest BCUT2D eigenvalue weighted by molar-refractivity contribution is 0.462.